The van der Waals surface area contributed by atoms with Crippen LogP contribution in [0, 0.1) is 0 Å². The largest absolute Gasteiger partial charge is 0.494 e. The molecule has 0 aliphatic heterocycles. The Balaban J connectivity index is 1.85. The van der Waals surface area contributed by atoms with Crippen LogP contribution in [0.15, 0.2) is 78.9 Å². The van der Waals surface area contributed by atoms with Crippen LogP contribution in [0.4, 0.5) is 0 Å². The van der Waals surface area contributed by atoms with Crippen molar-refractivity contribution in [1.29, 1.82) is 0 Å². The summed E-state index contributed by atoms with van der Waals surface area (Å²) in [5.41, 5.74) is 3.97. The zero-order valence-corrected chi connectivity index (χ0v) is 20.9. The van der Waals surface area contributed by atoms with Gasteiger partial charge in [0.1, 0.15) is 11.5 Å². The molecular weight excluding hydrogens is 475 g/mol. The second-order valence-electron chi connectivity index (χ2n) is 7.59. The Kier molecular flexibility index (Phi) is 11.0. The molecule has 5 heteroatoms. The summed E-state index contributed by atoms with van der Waals surface area (Å²) in [4.78, 5) is 0. The van der Waals surface area contributed by atoms with Crippen LogP contribution < -0.4 is 9.47 Å². The van der Waals surface area contributed by atoms with E-state index in [1.165, 1.54) is 0 Å². The summed E-state index contributed by atoms with van der Waals surface area (Å²) in [5.74, 6) is 2.99. The molecule has 0 aromatic heterocycles. The summed E-state index contributed by atoms with van der Waals surface area (Å²) < 4.78 is 11.7. The Morgan fingerprint density at radius 1 is 0.545 bits per heavy atom. The van der Waals surface area contributed by atoms with Gasteiger partial charge in [-0.25, -0.2) is 0 Å². The van der Waals surface area contributed by atoms with E-state index in [0.717, 1.165) is 59.4 Å². The molecule has 0 unspecified atom stereocenters. The summed E-state index contributed by atoms with van der Waals surface area (Å²) in [7, 11) is 0. The van der Waals surface area contributed by atoms with Gasteiger partial charge >= 0.3 is 0 Å². The van der Waals surface area contributed by atoms with E-state index in [1.54, 1.807) is 0 Å². The zero-order valence-electron chi connectivity index (χ0n) is 18.6. The Morgan fingerprint density at radius 3 is 1.42 bits per heavy atom. The Hall–Kier alpha value is -2.13. The lowest BCUT2D eigenvalue weighted by Crippen LogP contribution is -1.99. The van der Waals surface area contributed by atoms with Gasteiger partial charge < -0.3 is 9.47 Å². The first-order valence-electron chi connectivity index (χ1n) is 11.3. The highest BCUT2D eigenvalue weighted by Crippen LogP contribution is 2.36. The van der Waals surface area contributed by atoms with Gasteiger partial charge in [0.25, 0.3) is 0 Å². The van der Waals surface area contributed by atoms with Crippen molar-refractivity contribution in [2.75, 3.05) is 25.0 Å². The topological polar surface area (TPSA) is 18.5 Å². The van der Waals surface area contributed by atoms with Crippen LogP contribution in [0.3, 0.4) is 0 Å². The second-order valence-corrected chi connectivity index (χ2v) is 8.73. The molecule has 0 aliphatic carbocycles. The summed E-state index contributed by atoms with van der Waals surface area (Å²) in [5, 5.41) is 0.696. The summed E-state index contributed by atoms with van der Waals surface area (Å²) in [6.07, 6.45) is 3.78. The monoisotopic (exact) mass is 502 g/mol. The van der Waals surface area contributed by atoms with Gasteiger partial charge in [-0.05, 0) is 66.6 Å². The number of benzene rings is 3. The van der Waals surface area contributed by atoms with Crippen LogP contribution in [-0.2, 0) is 0 Å². The maximum Gasteiger partial charge on any atom is 0.119 e. The van der Waals surface area contributed by atoms with Crippen LogP contribution in [-0.4, -0.2) is 25.0 Å². The molecule has 0 atom stereocenters. The number of alkyl halides is 2. The first kappa shape index (κ1) is 25.5. The Labute approximate surface area is 212 Å². The molecule has 0 heterocycles. The smallest absolute Gasteiger partial charge is 0.119 e. The molecule has 0 bridgehead atoms. The normalized spacial score (nSPS) is 10.6. The van der Waals surface area contributed by atoms with Crippen LogP contribution in [0.25, 0.3) is 10.6 Å². The summed E-state index contributed by atoms with van der Waals surface area (Å²) in [6, 6.07) is 26.1. The molecule has 174 valence electrons. The van der Waals surface area contributed by atoms with Crippen LogP contribution in [0.2, 0.25) is 0 Å². The SMILES string of the molecule is ClCCCCOc1ccc(C(=C(Cl)c2ccccc2)c2ccc(OCCCCCl)cc2)cc1. The van der Waals surface area contributed by atoms with Crippen molar-refractivity contribution >= 4 is 45.4 Å². The highest BCUT2D eigenvalue weighted by Gasteiger charge is 2.13. The number of hydrogen-bond donors (Lipinski definition) is 0. The Morgan fingerprint density at radius 2 is 1.00 bits per heavy atom. The van der Waals surface area contributed by atoms with E-state index in [9.17, 15) is 0 Å². The van der Waals surface area contributed by atoms with Crippen molar-refractivity contribution in [3.8, 4) is 11.5 Å². The quantitative estimate of drug-likeness (QED) is 0.132. The second kappa shape index (κ2) is 14.2. The fourth-order valence-electron chi connectivity index (χ4n) is 3.36. The number of halogens is 3. The third-order valence-electron chi connectivity index (χ3n) is 5.13. The molecular formula is C28H29Cl3O2. The predicted molar refractivity (Wildman–Crippen MR) is 142 cm³/mol. The fraction of sp³-hybridized carbons (Fsp3) is 0.286. The molecule has 0 saturated heterocycles. The molecule has 0 spiro atoms. The van der Waals surface area contributed by atoms with Crippen LogP contribution in [0.5, 0.6) is 11.5 Å². The molecule has 0 amide bonds. The average Bonchev–Trinajstić information content (AvgIpc) is 2.87. The zero-order chi connectivity index (χ0) is 23.3. The van der Waals surface area contributed by atoms with Gasteiger partial charge in [-0.1, -0.05) is 66.2 Å². The van der Waals surface area contributed by atoms with E-state index < -0.39 is 0 Å². The van der Waals surface area contributed by atoms with Gasteiger partial charge in [-0.2, -0.15) is 0 Å². The van der Waals surface area contributed by atoms with E-state index in [0.29, 0.717) is 30.0 Å². The lowest BCUT2D eigenvalue weighted by atomic mass is 9.95. The summed E-state index contributed by atoms with van der Waals surface area (Å²) >= 11 is 18.4. The highest BCUT2D eigenvalue weighted by atomic mass is 35.5. The number of ether oxygens (including phenoxy) is 2. The van der Waals surface area contributed by atoms with Crippen molar-refractivity contribution in [3.05, 3.63) is 95.6 Å². The van der Waals surface area contributed by atoms with E-state index in [2.05, 4.69) is 0 Å². The van der Waals surface area contributed by atoms with E-state index in [4.69, 9.17) is 44.3 Å². The number of unbranched alkanes of at least 4 members (excludes halogenated alkanes) is 2. The number of rotatable bonds is 13. The Bertz CT molecular complexity index is 926. The minimum Gasteiger partial charge on any atom is -0.494 e. The molecule has 0 aliphatic rings. The standard InChI is InChI=1S/C28H29Cl3O2/c29-18-4-6-20-32-25-14-10-22(11-15-25)27(28(31)24-8-2-1-3-9-24)23-12-16-26(17-13-23)33-21-7-5-19-30/h1-3,8-17H,4-7,18-21H2. The molecule has 3 rings (SSSR count). The van der Waals surface area contributed by atoms with Gasteiger partial charge in [0.05, 0.1) is 18.2 Å². The minimum atomic E-state index is 0.658. The van der Waals surface area contributed by atoms with Crippen molar-refractivity contribution in [2.45, 2.75) is 25.7 Å². The molecule has 0 fully saturated rings. The minimum absolute atomic E-state index is 0.658. The van der Waals surface area contributed by atoms with E-state index in [1.807, 2.05) is 78.9 Å². The van der Waals surface area contributed by atoms with Crippen LogP contribution in [0.1, 0.15) is 42.4 Å². The first-order valence-corrected chi connectivity index (χ1v) is 12.7. The van der Waals surface area contributed by atoms with Gasteiger partial charge in [0.15, 0.2) is 0 Å². The molecule has 33 heavy (non-hydrogen) atoms. The molecule has 2 nitrogen and oxygen atoms in total. The van der Waals surface area contributed by atoms with Crippen molar-refractivity contribution in [1.82, 2.24) is 0 Å². The molecule has 3 aromatic carbocycles. The lowest BCUT2D eigenvalue weighted by molar-refractivity contribution is 0.309. The summed E-state index contributed by atoms with van der Waals surface area (Å²) in [6.45, 7) is 1.32. The van der Waals surface area contributed by atoms with Gasteiger partial charge in [-0.3, -0.25) is 0 Å². The third kappa shape index (κ3) is 7.99. The highest BCUT2D eigenvalue weighted by molar-refractivity contribution is 6.53. The van der Waals surface area contributed by atoms with Gasteiger partial charge in [0.2, 0.25) is 0 Å². The molecule has 0 saturated carbocycles. The fourth-order valence-corrected chi connectivity index (χ4v) is 4.08. The first-order chi connectivity index (χ1) is 16.2. The van der Waals surface area contributed by atoms with Crippen molar-refractivity contribution in [3.63, 3.8) is 0 Å². The third-order valence-corrected chi connectivity index (χ3v) is 6.07. The maximum absolute atomic E-state index is 6.95. The van der Waals surface area contributed by atoms with Crippen molar-refractivity contribution < 1.29 is 9.47 Å². The van der Waals surface area contributed by atoms with Gasteiger partial charge in [-0.15, -0.1) is 23.2 Å². The molecule has 3 aromatic rings. The predicted octanol–water partition coefficient (Wildman–Crippen LogP) is 8.64. The maximum atomic E-state index is 6.95. The van der Waals surface area contributed by atoms with E-state index in [-0.39, 0.29) is 0 Å². The number of hydrogen-bond acceptors (Lipinski definition) is 2. The van der Waals surface area contributed by atoms with Crippen molar-refractivity contribution in [2.24, 2.45) is 0 Å². The average molecular weight is 504 g/mol. The lowest BCUT2D eigenvalue weighted by Gasteiger charge is -2.14. The van der Waals surface area contributed by atoms with Gasteiger partial charge in [0, 0.05) is 17.3 Å². The molecule has 0 N–H and O–H groups in total. The molecule has 0 radical (unpaired) electrons. The van der Waals surface area contributed by atoms with Crippen LogP contribution >= 0.6 is 34.8 Å². The van der Waals surface area contributed by atoms with E-state index >= 15 is 0 Å².